The molecule has 4 rings (SSSR count). The highest BCUT2D eigenvalue weighted by Gasteiger charge is 2.15. The second kappa shape index (κ2) is 8.02. The Balaban J connectivity index is 1.52. The van der Waals surface area contributed by atoms with E-state index in [1.807, 2.05) is 49.7 Å². The van der Waals surface area contributed by atoms with Gasteiger partial charge in [-0.1, -0.05) is 12.1 Å². The van der Waals surface area contributed by atoms with Crippen LogP contribution in [-0.2, 0) is 13.5 Å². The summed E-state index contributed by atoms with van der Waals surface area (Å²) >= 11 is 0. The fraction of sp³-hybridized carbons (Fsp3) is 0.261. The van der Waals surface area contributed by atoms with Crippen molar-refractivity contribution >= 4 is 27.9 Å². The third kappa shape index (κ3) is 3.91. The molecule has 2 aromatic heterocycles. The summed E-state index contributed by atoms with van der Waals surface area (Å²) in [5, 5.41) is 3.44. The van der Waals surface area contributed by atoms with Crippen molar-refractivity contribution in [3.05, 3.63) is 70.3 Å². The minimum Gasteiger partial charge on any atom is -0.491 e. The van der Waals surface area contributed by atoms with Crippen LogP contribution in [0.4, 0.5) is 0 Å². The molecule has 2 aromatic carbocycles. The number of hydrogen-bond donors (Lipinski definition) is 1. The normalized spacial score (nSPS) is 11.3. The van der Waals surface area contributed by atoms with E-state index in [1.54, 1.807) is 18.2 Å². The molecule has 0 aliphatic rings. The smallest absolute Gasteiger partial charge is 0.337 e. The molecule has 0 unspecified atom stereocenters. The number of nitrogens with zero attached hydrogens (tertiary/aromatic N) is 2. The summed E-state index contributed by atoms with van der Waals surface area (Å²) in [6.07, 6.45) is 0.561. The van der Waals surface area contributed by atoms with Crippen LogP contribution in [0.2, 0.25) is 0 Å². The lowest BCUT2D eigenvalue weighted by atomic mass is 10.1. The highest BCUT2D eigenvalue weighted by Crippen LogP contribution is 2.23. The molecule has 154 valence electrons. The van der Waals surface area contributed by atoms with Crippen molar-refractivity contribution in [2.75, 3.05) is 6.54 Å². The molecule has 4 aromatic rings. The van der Waals surface area contributed by atoms with Gasteiger partial charge in [0.25, 0.3) is 5.91 Å². The van der Waals surface area contributed by atoms with Crippen molar-refractivity contribution in [1.82, 2.24) is 14.9 Å². The van der Waals surface area contributed by atoms with Crippen LogP contribution in [0.15, 0.2) is 57.7 Å². The molecule has 0 bridgehead atoms. The Labute approximate surface area is 173 Å². The van der Waals surface area contributed by atoms with E-state index in [4.69, 9.17) is 9.15 Å². The second-order valence-corrected chi connectivity index (χ2v) is 7.39. The third-order valence-electron chi connectivity index (χ3n) is 4.85. The second-order valence-electron chi connectivity index (χ2n) is 7.39. The van der Waals surface area contributed by atoms with Gasteiger partial charge in [0.05, 0.1) is 22.7 Å². The number of nitrogens with one attached hydrogen (secondary N) is 1. The van der Waals surface area contributed by atoms with Gasteiger partial charge in [0.1, 0.15) is 17.2 Å². The number of benzene rings is 2. The molecule has 30 heavy (non-hydrogen) atoms. The number of carbonyl (C=O) groups excluding carboxylic acids is 1. The highest BCUT2D eigenvalue weighted by molar-refractivity contribution is 6.05. The van der Waals surface area contributed by atoms with Gasteiger partial charge in [0.2, 0.25) is 0 Å². The van der Waals surface area contributed by atoms with Crippen LogP contribution in [0.3, 0.4) is 0 Å². The maximum atomic E-state index is 12.8. The van der Waals surface area contributed by atoms with E-state index in [2.05, 4.69) is 10.3 Å². The number of carbonyl (C=O) groups is 1. The molecule has 0 aliphatic carbocycles. The van der Waals surface area contributed by atoms with Gasteiger partial charge in [0, 0.05) is 37.5 Å². The van der Waals surface area contributed by atoms with E-state index in [1.165, 1.54) is 6.07 Å². The molecule has 1 amide bonds. The fourth-order valence-corrected chi connectivity index (χ4v) is 3.48. The van der Waals surface area contributed by atoms with Crippen LogP contribution >= 0.6 is 0 Å². The summed E-state index contributed by atoms with van der Waals surface area (Å²) in [7, 11) is 1.96. The van der Waals surface area contributed by atoms with E-state index < -0.39 is 5.63 Å². The molecule has 0 saturated carbocycles. The number of ether oxygens (including phenoxy) is 1. The van der Waals surface area contributed by atoms with Crippen LogP contribution < -0.4 is 15.7 Å². The zero-order chi connectivity index (χ0) is 21.3. The Kier molecular flexibility index (Phi) is 5.27. The molecular weight excluding hydrogens is 382 g/mol. The standard InChI is InChI=1S/C23H23N3O4/c1-14(2)29-15-8-9-16-17(13-22(27)30-20(16)12-15)23(28)24-11-10-21-25-18-6-4-5-7-19(18)26(21)3/h4-9,12-14H,10-11H2,1-3H3,(H,24,28). The fourth-order valence-electron chi connectivity index (χ4n) is 3.48. The predicted molar refractivity (Wildman–Crippen MR) is 115 cm³/mol. The van der Waals surface area contributed by atoms with Gasteiger partial charge in [0.15, 0.2) is 0 Å². The largest absolute Gasteiger partial charge is 0.491 e. The third-order valence-corrected chi connectivity index (χ3v) is 4.85. The maximum absolute atomic E-state index is 12.8. The van der Waals surface area contributed by atoms with Crippen LogP contribution in [0.25, 0.3) is 22.0 Å². The van der Waals surface area contributed by atoms with Crippen molar-refractivity contribution in [3.8, 4) is 5.75 Å². The van der Waals surface area contributed by atoms with Gasteiger partial charge in [-0.25, -0.2) is 9.78 Å². The number of fused-ring (bicyclic) bond motifs is 2. The number of amides is 1. The molecule has 7 nitrogen and oxygen atoms in total. The van der Waals surface area contributed by atoms with Crippen molar-refractivity contribution in [2.45, 2.75) is 26.4 Å². The molecular formula is C23H23N3O4. The molecule has 2 heterocycles. The topological polar surface area (TPSA) is 86.4 Å². The van der Waals surface area contributed by atoms with Crippen LogP contribution in [0.5, 0.6) is 5.75 Å². The number of aryl methyl sites for hydroxylation is 1. The summed E-state index contributed by atoms with van der Waals surface area (Å²) in [6.45, 7) is 4.22. The van der Waals surface area contributed by atoms with E-state index in [0.29, 0.717) is 29.7 Å². The van der Waals surface area contributed by atoms with Gasteiger partial charge in [-0.05, 0) is 38.1 Å². The van der Waals surface area contributed by atoms with Crippen molar-refractivity contribution in [1.29, 1.82) is 0 Å². The number of rotatable bonds is 6. The van der Waals surface area contributed by atoms with Gasteiger partial charge in [-0.3, -0.25) is 4.79 Å². The Morgan fingerprint density at radius 2 is 2.00 bits per heavy atom. The summed E-state index contributed by atoms with van der Waals surface area (Å²) < 4.78 is 12.9. The Morgan fingerprint density at radius 1 is 1.20 bits per heavy atom. The minimum absolute atomic E-state index is 0.0107. The van der Waals surface area contributed by atoms with Gasteiger partial charge in [-0.15, -0.1) is 0 Å². The summed E-state index contributed by atoms with van der Waals surface area (Å²) in [4.78, 5) is 29.4. The Hall–Kier alpha value is -3.61. The molecule has 0 radical (unpaired) electrons. The summed E-state index contributed by atoms with van der Waals surface area (Å²) in [5.41, 5.74) is 1.99. The number of hydrogen-bond acceptors (Lipinski definition) is 5. The Morgan fingerprint density at radius 3 is 2.77 bits per heavy atom. The van der Waals surface area contributed by atoms with E-state index >= 15 is 0 Å². The monoisotopic (exact) mass is 405 g/mol. The first-order valence-electron chi connectivity index (χ1n) is 9.85. The van der Waals surface area contributed by atoms with E-state index in [0.717, 1.165) is 16.9 Å². The lowest BCUT2D eigenvalue weighted by Gasteiger charge is -2.11. The van der Waals surface area contributed by atoms with Crippen molar-refractivity contribution < 1.29 is 13.9 Å². The van der Waals surface area contributed by atoms with Crippen LogP contribution in [-0.4, -0.2) is 28.1 Å². The van der Waals surface area contributed by atoms with Crippen LogP contribution in [0, 0.1) is 0 Å². The first kappa shape index (κ1) is 19.7. The lowest BCUT2D eigenvalue weighted by Crippen LogP contribution is -2.27. The first-order chi connectivity index (χ1) is 14.4. The summed E-state index contributed by atoms with van der Waals surface area (Å²) in [5.74, 6) is 1.13. The average Bonchev–Trinajstić information content (AvgIpc) is 3.02. The molecule has 0 fully saturated rings. The zero-order valence-corrected chi connectivity index (χ0v) is 17.1. The number of imidazole rings is 1. The maximum Gasteiger partial charge on any atom is 0.337 e. The molecule has 0 saturated heterocycles. The van der Waals surface area contributed by atoms with E-state index in [-0.39, 0.29) is 17.6 Å². The quantitative estimate of drug-likeness (QED) is 0.497. The zero-order valence-electron chi connectivity index (χ0n) is 17.1. The van der Waals surface area contributed by atoms with Crippen molar-refractivity contribution in [2.24, 2.45) is 7.05 Å². The van der Waals surface area contributed by atoms with Gasteiger partial charge < -0.3 is 19.0 Å². The highest BCUT2D eigenvalue weighted by atomic mass is 16.5. The number of aromatic nitrogens is 2. The van der Waals surface area contributed by atoms with Gasteiger partial charge >= 0.3 is 5.63 Å². The lowest BCUT2D eigenvalue weighted by molar-refractivity contribution is 0.0955. The molecule has 0 atom stereocenters. The molecule has 0 spiro atoms. The van der Waals surface area contributed by atoms with Crippen LogP contribution in [0.1, 0.15) is 30.0 Å². The molecule has 7 heteroatoms. The SMILES string of the molecule is CC(C)Oc1ccc2c(C(=O)NCCc3nc4ccccc4n3C)cc(=O)oc2c1. The predicted octanol–water partition coefficient (Wildman–Crippen LogP) is 3.44. The van der Waals surface area contributed by atoms with Gasteiger partial charge in [-0.2, -0.15) is 0 Å². The van der Waals surface area contributed by atoms with E-state index in [9.17, 15) is 9.59 Å². The molecule has 1 N–H and O–H groups in total. The average molecular weight is 405 g/mol. The minimum atomic E-state index is -0.579. The first-order valence-corrected chi connectivity index (χ1v) is 9.85. The number of para-hydroxylation sites is 2. The Bertz CT molecular complexity index is 1290. The van der Waals surface area contributed by atoms with Crippen molar-refractivity contribution in [3.63, 3.8) is 0 Å². The molecule has 0 aliphatic heterocycles. The summed E-state index contributed by atoms with van der Waals surface area (Å²) in [6, 6.07) is 14.2.